The number of carbonyl (C=O) groups excluding carboxylic acids is 1. The van der Waals surface area contributed by atoms with Gasteiger partial charge in [0, 0.05) is 16.1 Å². The van der Waals surface area contributed by atoms with Crippen LogP contribution in [0.4, 0.5) is 5.69 Å². The van der Waals surface area contributed by atoms with Crippen LogP contribution in [0.25, 0.3) is 10.1 Å². The Labute approximate surface area is 97.3 Å². The van der Waals surface area contributed by atoms with Gasteiger partial charge in [0.1, 0.15) is 4.88 Å². The summed E-state index contributed by atoms with van der Waals surface area (Å²) in [5, 5.41) is 3.94. The predicted molar refractivity (Wildman–Crippen MR) is 66.7 cm³/mol. The number of hydrogen-bond donors (Lipinski definition) is 2. The number of nitrogens with one attached hydrogen (secondary N) is 1. The first-order valence-electron chi connectivity index (χ1n) is 5.33. The maximum atomic E-state index is 11.9. The number of thiophene rings is 1. The molecule has 4 heteroatoms. The molecule has 3 N–H and O–H groups in total. The lowest BCUT2D eigenvalue weighted by Crippen LogP contribution is -2.25. The SMILES string of the molecule is Nc1c(C(=O)NC2CC2)sc2ccccc12. The zero-order valence-corrected chi connectivity index (χ0v) is 9.51. The van der Waals surface area contributed by atoms with E-state index < -0.39 is 0 Å². The van der Waals surface area contributed by atoms with Crippen molar-refractivity contribution < 1.29 is 4.79 Å². The van der Waals surface area contributed by atoms with E-state index in [0.717, 1.165) is 22.9 Å². The molecule has 1 aromatic carbocycles. The molecule has 1 heterocycles. The molecule has 1 saturated carbocycles. The van der Waals surface area contributed by atoms with Gasteiger partial charge in [-0.2, -0.15) is 0 Å². The maximum absolute atomic E-state index is 11.9. The molecule has 0 radical (unpaired) electrons. The number of carbonyl (C=O) groups is 1. The molecule has 1 amide bonds. The molecule has 3 rings (SSSR count). The number of hydrogen-bond acceptors (Lipinski definition) is 3. The van der Waals surface area contributed by atoms with Gasteiger partial charge in [-0.1, -0.05) is 18.2 Å². The quantitative estimate of drug-likeness (QED) is 0.835. The monoisotopic (exact) mass is 232 g/mol. The summed E-state index contributed by atoms with van der Waals surface area (Å²) in [6, 6.07) is 8.21. The summed E-state index contributed by atoms with van der Waals surface area (Å²) in [6.07, 6.45) is 2.19. The van der Waals surface area contributed by atoms with Crippen LogP contribution in [0.5, 0.6) is 0 Å². The highest BCUT2D eigenvalue weighted by atomic mass is 32.1. The molecule has 0 unspecified atom stereocenters. The molecule has 3 nitrogen and oxygen atoms in total. The maximum Gasteiger partial charge on any atom is 0.263 e. The molecule has 0 saturated heterocycles. The Kier molecular flexibility index (Phi) is 2.11. The Hall–Kier alpha value is -1.55. The van der Waals surface area contributed by atoms with Crippen LogP contribution in [-0.2, 0) is 0 Å². The first-order chi connectivity index (χ1) is 7.75. The highest BCUT2D eigenvalue weighted by molar-refractivity contribution is 7.21. The second-order valence-corrected chi connectivity index (χ2v) is 5.14. The lowest BCUT2D eigenvalue weighted by atomic mass is 10.2. The van der Waals surface area contributed by atoms with Gasteiger partial charge in [-0.05, 0) is 18.9 Å². The van der Waals surface area contributed by atoms with Crippen molar-refractivity contribution in [2.45, 2.75) is 18.9 Å². The Bertz CT molecular complexity index is 557. The molecule has 16 heavy (non-hydrogen) atoms. The van der Waals surface area contributed by atoms with Crippen LogP contribution in [0, 0.1) is 0 Å². The zero-order valence-electron chi connectivity index (χ0n) is 8.69. The van der Waals surface area contributed by atoms with Gasteiger partial charge < -0.3 is 11.1 Å². The average molecular weight is 232 g/mol. The van der Waals surface area contributed by atoms with Crippen molar-refractivity contribution in [3.05, 3.63) is 29.1 Å². The second kappa shape index (κ2) is 3.49. The summed E-state index contributed by atoms with van der Waals surface area (Å²) >= 11 is 1.46. The van der Waals surface area contributed by atoms with Gasteiger partial charge in [0.05, 0.1) is 5.69 Å². The number of amides is 1. The van der Waals surface area contributed by atoms with Crippen LogP contribution in [-0.4, -0.2) is 11.9 Å². The van der Waals surface area contributed by atoms with Gasteiger partial charge in [-0.15, -0.1) is 11.3 Å². The Morgan fingerprint density at radius 1 is 1.38 bits per heavy atom. The van der Waals surface area contributed by atoms with Crippen molar-refractivity contribution in [1.82, 2.24) is 5.32 Å². The fraction of sp³-hybridized carbons (Fsp3) is 0.250. The van der Waals surface area contributed by atoms with E-state index in [1.54, 1.807) is 0 Å². The predicted octanol–water partition coefficient (Wildman–Crippen LogP) is 2.38. The van der Waals surface area contributed by atoms with Gasteiger partial charge in [-0.25, -0.2) is 0 Å². The van der Waals surface area contributed by atoms with Crippen molar-refractivity contribution in [1.29, 1.82) is 0 Å². The minimum Gasteiger partial charge on any atom is -0.397 e. The van der Waals surface area contributed by atoms with Crippen LogP contribution < -0.4 is 11.1 Å². The molecule has 0 bridgehead atoms. The van der Waals surface area contributed by atoms with Crippen LogP contribution >= 0.6 is 11.3 Å². The number of anilines is 1. The van der Waals surface area contributed by atoms with Gasteiger partial charge >= 0.3 is 0 Å². The minimum atomic E-state index is -0.0267. The number of fused-ring (bicyclic) bond motifs is 1. The Morgan fingerprint density at radius 3 is 2.81 bits per heavy atom. The number of benzene rings is 1. The first-order valence-corrected chi connectivity index (χ1v) is 6.15. The molecule has 1 aliphatic rings. The smallest absolute Gasteiger partial charge is 0.263 e. The lowest BCUT2D eigenvalue weighted by molar-refractivity contribution is 0.0956. The van der Waals surface area contributed by atoms with Crippen molar-refractivity contribution in [3.63, 3.8) is 0 Å². The molecule has 0 spiro atoms. The number of nitrogens with two attached hydrogens (primary N) is 1. The van der Waals surface area contributed by atoms with E-state index in [2.05, 4.69) is 5.32 Å². The summed E-state index contributed by atoms with van der Waals surface area (Å²) in [6.45, 7) is 0. The van der Waals surface area contributed by atoms with Crippen LogP contribution in [0.2, 0.25) is 0 Å². The number of rotatable bonds is 2. The Morgan fingerprint density at radius 2 is 2.12 bits per heavy atom. The fourth-order valence-corrected chi connectivity index (χ4v) is 2.74. The van der Waals surface area contributed by atoms with Crippen LogP contribution in [0.15, 0.2) is 24.3 Å². The van der Waals surface area contributed by atoms with Gasteiger partial charge in [0.25, 0.3) is 5.91 Å². The van der Waals surface area contributed by atoms with E-state index >= 15 is 0 Å². The van der Waals surface area contributed by atoms with E-state index in [9.17, 15) is 4.79 Å². The van der Waals surface area contributed by atoms with E-state index in [4.69, 9.17) is 5.73 Å². The highest BCUT2D eigenvalue weighted by Gasteiger charge is 2.25. The summed E-state index contributed by atoms with van der Waals surface area (Å²) in [4.78, 5) is 12.6. The zero-order chi connectivity index (χ0) is 11.1. The van der Waals surface area contributed by atoms with E-state index in [0.29, 0.717) is 16.6 Å². The largest absolute Gasteiger partial charge is 0.397 e. The third-order valence-electron chi connectivity index (χ3n) is 2.75. The topological polar surface area (TPSA) is 55.1 Å². The van der Waals surface area contributed by atoms with Gasteiger partial charge in [0.15, 0.2) is 0 Å². The molecule has 1 aromatic heterocycles. The molecule has 82 valence electrons. The lowest BCUT2D eigenvalue weighted by Gasteiger charge is -2.00. The van der Waals surface area contributed by atoms with E-state index in [-0.39, 0.29) is 5.91 Å². The minimum absolute atomic E-state index is 0.0267. The summed E-state index contributed by atoms with van der Waals surface area (Å²) in [5.41, 5.74) is 6.60. The van der Waals surface area contributed by atoms with Crippen molar-refractivity contribution >= 4 is 33.0 Å². The standard InChI is InChI=1S/C12H12N2OS/c13-10-8-3-1-2-4-9(8)16-11(10)12(15)14-7-5-6-7/h1-4,7H,5-6,13H2,(H,14,15). The fourth-order valence-electron chi connectivity index (χ4n) is 1.71. The van der Waals surface area contributed by atoms with E-state index in [1.165, 1.54) is 11.3 Å². The van der Waals surface area contributed by atoms with Crippen LogP contribution in [0.3, 0.4) is 0 Å². The van der Waals surface area contributed by atoms with E-state index in [1.807, 2.05) is 24.3 Å². The molecular formula is C12H12N2OS. The van der Waals surface area contributed by atoms with Crippen molar-refractivity contribution in [2.75, 3.05) is 5.73 Å². The third kappa shape index (κ3) is 1.55. The summed E-state index contributed by atoms with van der Waals surface area (Å²) < 4.78 is 1.07. The van der Waals surface area contributed by atoms with Gasteiger partial charge in [0.2, 0.25) is 0 Å². The van der Waals surface area contributed by atoms with Crippen molar-refractivity contribution in [3.8, 4) is 0 Å². The molecule has 2 aromatic rings. The summed E-state index contributed by atoms with van der Waals surface area (Å²) in [7, 11) is 0. The Balaban J connectivity index is 2.02. The highest BCUT2D eigenvalue weighted by Crippen LogP contribution is 2.33. The molecular weight excluding hydrogens is 220 g/mol. The first kappa shape index (κ1) is 9.66. The van der Waals surface area contributed by atoms with Crippen LogP contribution in [0.1, 0.15) is 22.5 Å². The summed E-state index contributed by atoms with van der Waals surface area (Å²) in [5.74, 6) is -0.0267. The van der Waals surface area contributed by atoms with Gasteiger partial charge in [-0.3, -0.25) is 4.79 Å². The third-order valence-corrected chi connectivity index (χ3v) is 3.94. The van der Waals surface area contributed by atoms with Crippen molar-refractivity contribution in [2.24, 2.45) is 0 Å². The molecule has 1 fully saturated rings. The number of nitrogen functional groups attached to an aromatic ring is 1. The molecule has 0 atom stereocenters. The average Bonchev–Trinajstić information content (AvgIpc) is 3.03. The second-order valence-electron chi connectivity index (χ2n) is 4.09. The molecule has 1 aliphatic carbocycles. The molecule has 0 aliphatic heterocycles. The normalized spacial score (nSPS) is 15.2.